The Balaban J connectivity index is 1.18. The number of hydrogen-bond acceptors (Lipinski definition) is 4. The molecule has 0 amide bonds. The molecule has 2 atom stereocenters. The first kappa shape index (κ1) is 21.6. The smallest absolute Gasteiger partial charge is 0.151 e. The lowest BCUT2D eigenvalue weighted by atomic mass is 9.93. The van der Waals surface area contributed by atoms with Crippen LogP contribution in [0.5, 0.6) is 11.5 Å². The number of aromatic nitrogens is 1. The van der Waals surface area contributed by atoms with Gasteiger partial charge in [-0.2, -0.15) is 0 Å². The summed E-state index contributed by atoms with van der Waals surface area (Å²) in [5.41, 5.74) is 6.07. The summed E-state index contributed by atoms with van der Waals surface area (Å²) >= 11 is 0. The van der Waals surface area contributed by atoms with Gasteiger partial charge in [0.05, 0.1) is 11.4 Å². The molecule has 4 heteroatoms. The zero-order valence-electron chi connectivity index (χ0n) is 20.5. The molecule has 0 saturated carbocycles. The summed E-state index contributed by atoms with van der Waals surface area (Å²) in [5, 5.41) is 0. The van der Waals surface area contributed by atoms with Crippen molar-refractivity contribution in [1.82, 2.24) is 9.88 Å². The molecule has 0 aliphatic carbocycles. The van der Waals surface area contributed by atoms with E-state index in [1.165, 1.54) is 42.6 Å². The Morgan fingerprint density at radius 3 is 2.31 bits per heavy atom. The predicted molar refractivity (Wildman–Crippen MR) is 145 cm³/mol. The minimum absolute atomic E-state index is 0.475. The van der Waals surface area contributed by atoms with Gasteiger partial charge in [0, 0.05) is 42.6 Å². The Kier molecular flexibility index (Phi) is 5.47. The molecule has 2 bridgehead atoms. The molecular formula is C32H31N3O. The number of pyridine rings is 1. The summed E-state index contributed by atoms with van der Waals surface area (Å²) in [5.74, 6) is 1.89. The minimum atomic E-state index is 0.475. The summed E-state index contributed by atoms with van der Waals surface area (Å²) in [6.45, 7) is 1.16. The van der Waals surface area contributed by atoms with Gasteiger partial charge < -0.3 is 9.64 Å². The Bertz CT molecular complexity index is 1340. The lowest BCUT2D eigenvalue weighted by Crippen LogP contribution is -2.50. The van der Waals surface area contributed by atoms with Crippen LogP contribution in [0, 0.1) is 0 Å². The quantitative estimate of drug-likeness (QED) is 0.306. The largest absolute Gasteiger partial charge is 0.453 e. The van der Waals surface area contributed by atoms with Crippen molar-refractivity contribution in [3.8, 4) is 22.6 Å². The highest BCUT2D eigenvalue weighted by atomic mass is 16.5. The van der Waals surface area contributed by atoms with Gasteiger partial charge in [0.25, 0.3) is 0 Å². The van der Waals surface area contributed by atoms with Crippen LogP contribution in [0.15, 0.2) is 97.3 Å². The zero-order chi connectivity index (χ0) is 23.9. The van der Waals surface area contributed by atoms with Crippen LogP contribution in [-0.4, -0.2) is 34.6 Å². The van der Waals surface area contributed by atoms with E-state index in [0.717, 1.165) is 35.6 Å². The molecule has 0 spiro atoms. The third-order valence-electron chi connectivity index (χ3n) is 8.29. The molecule has 2 saturated heterocycles. The number of rotatable bonds is 5. The van der Waals surface area contributed by atoms with E-state index in [2.05, 4.69) is 93.6 Å². The summed E-state index contributed by atoms with van der Waals surface area (Å²) in [6.07, 6.45) is 9.89. The van der Waals surface area contributed by atoms with E-state index in [-0.39, 0.29) is 0 Å². The molecule has 1 aromatic heterocycles. The van der Waals surface area contributed by atoms with Crippen LogP contribution in [0.25, 0.3) is 11.1 Å². The molecule has 36 heavy (non-hydrogen) atoms. The highest BCUT2D eigenvalue weighted by Gasteiger charge is 2.44. The molecule has 0 radical (unpaired) electrons. The standard InChI is InChI=1S/C32H31N3O/c1-2-7-23(8-3-1)16-18-34-26-13-14-27(34)21-28(20-26)35-29-10-4-5-11-31(29)36-32-19-24(12-15-30(32)35)25-9-6-17-33-22-25/h1-12,15,17,19,22,26-28H,13-14,16,18,20-21H2. The number of benzene rings is 3. The fourth-order valence-corrected chi connectivity index (χ4v) is 6.62. The second kappa shape index (κ2) is 9.11. The number of fused-ring (bicyclic) bond motifs is 4. The van der Waals surface area contributed by atoms with Crippen LogP contribution in [0.4, 0.5) is 11.4 Å². The average molecular weight is 474 g/mol. The Hall–Kier alpha value is -3.63. The summed E-state index contributed by atoms with van der Waals surface area (Å²) in [6, 6.07) is 32.0. The van der Waals surface area contributed by atoms with Gasteiger partial charge in [-0.05, 0) is 73.6 Å². The molecule has 3 aliphatic rings. The topological polar surface area (TPSA) is 28.6 Å². The van der Waals surface area contributed by atoms with Gasteiger partial charge in [-0.3, -0.25) is 9.88 Å². The molecule has 4 aromatic rings. The Labute approximate surface area is 213 Å². The average Bonchev–Trinajstić information content (AvgIpc) is 3.17. The van der Waals surface area contributed by atoms with Crippen LogP contribution in [0.2, 0.25) is 0 Å². The summed E-state index contributed by atoms with van der Waals surface area (Å²) in [4.78, 5) is 9.70. The van der Waals surface area contributed by atoms with Gasteiger partial charge in [-0.25, -0.2) is 0 Å². The number of nitrogens with zero attached hydrogens (tertiary/aromatic N) is 3. The Morgan fingerprint density at radius 2 is 1.50 bits per heavy atom. The molecule has 2 unspecified atom stereocenters. The third kappa shape index (κ3) is 3.86. The van der Waals surface area contributed by atoms with E-state index in [1.54, 1.807) is 0 Å². The maximum Gasteiger partial charge on any atom is 0.151 e. The van der Waals surface area contributed by atoms with Gasteiger partial charge in [0.1, 0.15) is 0 Å². The maximum absolute atomic E-state index is 6.47. The fourth-order valence-electron chi connectivity index (χ4n) is 6.62. The SMILES string of the molecule is c1ccc(CCN2C3CCC2CC(N2c4ccccc4Oc4cc(-c5cccnc5)ccc42)C3)cc1. The number of piperidine rings is 1. The highest BCUT2D eigenvalue weighted by molar-refractivity contribution is 5.81. The van der Waals surface area contributed by atoms with Crippen molar-refractivity contribution in [3.05, 3.63) is 103 Å². The lowest BCUT2D eigenvalue weighted by Gasteiger charge is -2.46. The van der Waals surface area contributed by atoms with Crippen molar-refractivity contribution in [2.24, 2.45) is 0 Å². The van der Waals surface area contributed by atoms with Gasteiger partial charge in [-0.1, -0.05) is 54.6 Å². The van der Waals surface area contributed by atoms with E-state index in [4.69, 9.17) is 4.74 Å². The second-order valence-electron chi connectivity index (χ2n) is 10.3. The first-order valence-electron chi connectivity index (χ1n) is 13.2. The molecule has 4 heterocycles. The van der Waals surface area contributed by atoms with E-state index >= 15 is 0 Å². The Morgan fingerprint density at radius 1 is 0.722 bits per heavy atom. The van der Waals surface area contributed by atoms with Gasteiger partial charge >= 0.3 is 0 Å². The van der Waals surface area contributed by atoms with Crippen molar-refractivity contribution < 1.29 is 4.74 Å². The summed E-state index contributed by atoms with van der Waals surface area (Å²) in [7, 11) is 0. The maximum atomic E-state index is 6.47. The molecule has 3 aromatic carbocycles. The van der Waals surface area contributed by atoms with Crippen molar-refractivity contribution in [2.75, 3.05) is 11.4 Å². The molecular weight excluding hydrogens is 442 g/mol. The third-order valence-corrected chi connectivity index (χ3v) is 8.29. The predicted octanol–water partition coefficient (Wildman–Crippen LogP) is 7.23. The zero-order valence-corrected chi connectivity index (χ0v) is 20.5. The van der Waals surface area contributed by atoms with Crippen molar-refractivity contribution in [3.63, 3.8) is 0 Å². The second-order valence-corrected chi connectivity index (χ2v) is 10.3. The number of anilines is 2. The fraction of sp³-hybridized carbons (Fsp3) is 0.281. The van der Waals surface area contributed by atoms with Crippen LogP contribution >= 0.6 is 0 Å². The number of hydrogen-bond donors (Lipinski definition) is 0. The summed E-state index contributed by atoms with van der Waals surface area (Å²) < 4.78 is 6.47. The van der Waals surface area contributed by atoms with Crippen molar-refractivity contribution in [2.45, 2.75) is 50.2 Å². The number of ether oxygens (including phenoxy) is 1. The molecule has 4 nitrogen and oxygen atoms in total. The van der Waals surface area contributed by atoms with Crippen molar-refractivity contribution in [1.29, 1.82) is 0 Å². The van der Waals surface area contributed by atoms with Crippen LogP contribution < -0.4 is 9.64 Å². The van der Waals surface area contributed by atoms with Crippen LogP contribution in [-0.2, 0) is 6.42 Å². The minimum Gasteiger partial charge on any atom is -0.453 e. The monoisotopic (exact) mass is 473 g/mol. The molecule has 2 fully saturated rings. The molecule has 3 aliphatic heterocycles. The normalized spacial score (nSPS) is 22.6. The van der Waals surface area contributed by atoms with Gasteiger partial charge in [0.2, 0.25) is 0 Å². The first-order chi connectivity index (χ1) is 17.8. The van der Waals surface area contributed by atoms with Crippen molar-refractivity contribution >= 4 is 11.4 Å². The van der Waals surface area contributed by atoms with E-state index < -0.39 is 0 Å². The molecule has 0 N–H and O–H groups in total. The molecule has 180 valence electrons. The molecule has 7 rings (SSSR count). The van der Waals surface area contributed by atoms with E-state index in [9.17, 15) is 0 Å². The van der Waals surface area contributed by atoms with Crippen LogP contribution in [0.1, 0.15) is 31.2 Å². The highest BCUT2D eigenvalue weighted by Crippen LogP contribution is 2.51. The van der Waals surface area contributed by atoms with Crippen LogP contribution in [0.3, 0.4) is 0 Å². The van der Waals surface area contributed by atoms with Gasteiger partial charge in [-0.15, -0.1) is 0 Å². The van der Waals surface area contributed by atoms with E-state index in [0.29, 0.717) is 18.1 Å². The lowest BCUT2D eigenvalue weighted by molar-refractivity contribution is 0.129. The first-order valence-corrected chi connectivity index (χ1v) is 13.2. The van der Waals surface area contributed by atoms with E-state index in [1.807, 2.05) is 18.5 Å². The van der Waals surface area contributed by atoms with Gasteiger partial charge in [0.15, 0.2) is 11.5 Å². The number of para-hydroxylation sites is 2.